The SMILES string of the molecule is CC(C)CN(CC(F)(F)F)C(=O)[C@@H]1CCC[C@@H]1C(=O)O. The van der Waals surface area contributed by atoms with Crippen LogP contribution in [0.4, 0.5) is 13.2 Å². The second kappa shape index (κ2) is 6.45. The first-order chi connectivity index (χ1) is 9.11. The molecule has 0 saturated heterocycles. The van der Waals surface area contributed by atoms with Crippen LogP contribution in [-0.4, -0.2) is 41.1 Å². The molecule has 0 heterocycles. The van der Waals surface area contributed by atoms with E-state index in [9.17, 15) is 22.8 Å². The van der Waals surface area contributed by atoms with E-state index in [4.69, 9.17) is 5.11 Å². The monoisotopic (exact) mass is 295 g/mol. The summed E-state index contributed by atoms with van der Waals surface area (Å²) in [6, 6.07) is 0. The Bertz CT molecular complexity index is 368. The molecule has 2 atom stereocenters. The Morgan fingerprint density at radius 3 is 2.25 bits per heavy atom. The van der Waals surface area contributed by atoms with E-state index >= 15 is 0 Å². The predicted molar refractivity (Wildman–Crippen MR) is 65.9 cm³/mol. The Hall–Kier alpha value is -1.27. The Balaban J connectivity index is 2.84. The maximum Gasteiger partial charge on any atom is 0.406 e. The molecule has 1 N–H and O–H groups in total. The lowest BCUT2D eigenvalue weighted by molar-refractivity contribution is -0.167. The zero-order chi connectivity index (χ0) is 15.5. The normalized spacial score (nSPS) is 23.1. The predicted octanol–water partition coefficient (Wildman–Crippen LogP) is 2.53. The van der Waals surface area contributed by atoms with E-state index in [0.29, 0.717) is 19.3 Å². The van der Waals surface area contributed by atoms with Gasteiger partial charge in [-0.05, 0) is 18.8 Å². The summed E-state index contributed by atoms with van der Waals surface area (Å²) in [5, 5.41) is 9.04. The van der Waals surface area contributed by atoms with Crippen molar-refractivity contribution in [2.24, 2.45) is 17.8 Å². The molecule has 20 heavy (non-hydrogen) atoms. The summed E-state index contributed by atoms with van der Waals surface area (Å²) in [6.07, 6.45) is -3.20. The van der Waals surface area contributed by atoms with Gasteiger partial charge in [0.05, 0.1) is 11.8 Å². The van der Waals surface area contributed by atoms with Crippen LogP contribution in [0.1, 0.15) is 33.1 Å². The second-order valence-electron chi connectivity index (χ2n) is 5.71. The molecule has 1 aliphatic carbocycles. The first kappa shape index (κ1) is 16.8. The molecule has 0 spiro atoms. The number of halogens is 3. The molecule has 1 fully saturated rings. The molecule has 1 saturated carbocycles. The molecular weight excluding hydrogens is 275 g/mol. The molecule has 0 aromatic carbocycles. The van der Waals surface area contributed by atoms with E-state index in [1.807, 2.05) is 0 Å². The van der Waals surface area contributed by atoms with Gasteiger partial charge in [-0.2, -0.15) is 13.2 Å². The molecule has 7 heteroatoms. The molecule has 4 nitrogen and oxygen atoms in total. The summed E-state index contributed by atoms with van der Waals surface area (Å²) in [5.41, 5.74) is 0. The van der Waals surface area contributed by atoms with Gasteiger partial charge in [0.25, 0.3) is 0 Å². The fourth-order valence-electron chi connectivity index (χ4n) is 2.68. The molecular formula is C13H20F3NO3. The van der Waals surface area contributed by atoms with E-state index in [1.54, 1.807) is 13.8 Å². The van der Waals surface area contributed by atoms with Gasteiger partial charge in [-0.25, -0.2) is 0 Å². The van der Waals surface area contributed by atoms with Crippen LogP contribution in [0, 0.1) is 17.8 Å². The first-order valence-corrected chi connectivity index (χ1v) is 6.70. The summed E-state index contributed by atoms with van der Waals surface area (Å²) in [7, 11) is 0. The number of hydrogen-bond acceptors (Lipinski definition) is 2. The highest BCUT2D eigenvalue weighted by Crippen LogP contribution is 2.34. The molecule has 1 amide bonds. The second-order valence-corrected chi connectivity index (χ2v) is 5.71. The van der Waals surface area contributed by atoms with E-state index in [0.717, 1.165) is 4.90 Å². The fraction of sp³-hybridized carbons (Fsp3) is 0.846. The van der Waals surface area contributed by atoms with Crippen LogP contribution in [0.5, 0.6) is 0 Å². The van der Waals surface area contributed by atoms with Gasteiger partial charge in [-0.1, -0.05) is 20.3 Å². The molecule has 0 aliphatic heterocycles. The van der Waals surface area contributed by atoms with E-state index < -0.39 is 36.4 Å². The summed E-state index contributed by atoms with van der Waals surface area (Å²) in [6.45, 7) is 2.12. The Kier molecular flexibility index (Phi) is 5.42. The van der Waals surface area contributed by atoms with Crippen LogP contribution < -0.4 is 0 Å². The molecule has 116 valence electrons. The average molecular weight is 295 g/mol. The van der Waals surface area contributed by atoms with Gasteiger partial charge in [0.1, 0.15) is 6.54 Å². The summed E-state index contributed by atoms with van der Waals surface area (Å²) >= 11 is 0. The van der Waals surface area contributed by atoms with Gasteiger partial charge in [0.15, 0.2) is 0 Å². The van der Waals surface area contributed by atoms with Gasteiger partial charge in [0.2, 0.25) is 5.91 Å². The van der Waals surface area contributed by atoms with Crippen molar-refractivity contribution in [1.82, 2.24) is 4.90 Å². The highest BCUT2D eigenvalue weighted by Gasteiger charge is 2.42. The Labute approximate surface area is 115 Å². The topological polar surface area (TPSA) is 57.6 Å². The summed E-state index contributed by atoms with van der Waals surface area (Å²) < 4.78 is 37.6. The van der Waals surface area contributed by atoms with Gasteiger partial charge >= 0.3 is 12.1 Å². The van der Waals surface area contributed by atoms with Crippen molar-refractivity contribution < 1.29 is 27.9 Å². The van der Waals surface area contributed by atoms with Gasteiger partial charge in [0, 0.05) is 6.54 Å². The molecule has 0 aromatic heterocycles. The molecule has 0 aromatic rings. The number of carbonyl (C=O) groups excluding carboxylic acids is 1. The lowest BCUT2D eigenvalue weighted by Gasteiger charge is -2.29. The molecule has 0 radical (unpaired) electrons. The van der Waals surface area contributed by atoms with Crippen molar-refractivity contribution in [2.75, 3.05) is 13.1 Å². The van der Waals surface area contributed by atoms with Crippen LogP contribution >= 0.6 is 0 Å². The number of amides is 1. The number of nitrogens with zero attached hydrogens (tertiary/aromatic N) is 1. The van der Waals surface area contributed by atoms with Crippen molar-refractivity contribution in [3.63, 3.8) is 0 Å². The number of carboxylic acids is 1. The molecule has 1 aliphatic rings. The maximum atomic E-state index is 12.5. The van der Waals surface area contributed by atoms with Crippen molar-refractivity contribution in [3.8, 4) is 0 Å². The van der Waals surface area contributed by atoms with E-state index in [-0.39, 0.29) is 12.5 Å². The Morgan fingerprint density at radius 1 is 1.25 bits per heavy atom. The number of carboxylic acid groups (broad SMARTS) is 1. The van der Waals surface area contributed by atoms with E-state index in [2.05, 4.69) is 0 Å². The van der Waals surface area contributed by atoms with Gasteiger partial charge in [-0.15, -0.1) is 0 Å². The number of rotatable bonds is 5. The summed E-state index contributed by atoms with van der Waals surface area (Å²) in [4.78, 5) is 24.1. The highest BCUT2D eigenvalue weighted by molar-refractivity contribution is 5.85. The zero-order valence-electron chi connectivity index (χ0n) is 11.6. The van der Waals surface area contributed by atoms with Crippen molar-refractivity contribution in [2.45, 2.75) is 39.3 Å². The van der Waals surface area contributed by atoms with Gasteiger partial charge < -0.3 is 10.0 Å². The zero-order valence-corrected chi connectivity index (χ0v) is 11.6. The van der Waals surface area contributed by atoms with Crippen LogP contribution in [0.2, 0.25) is 0 Å². The Morgan fingerprint density at radius 2 is 1.80 bits per heavy atom. The lowest BCUT2D eigenvalue weighted by Crippen LogP contribution is -2.45. The van der Waals surface area contributed by atoms with Crippen LogP contribution in [0.15, 0.2) is 0 Å². The number of aliphatic carboxylic acids is 1. The minimum atomic E-state index is -4.47. The van der Waals surface area contributed by atoms with Crippen molar-refractivity contribution >= 4 is 11.9 Å². The molecule has 1 rings (SSSR count). The summed E-state index contributed by atoms with van der Waals surface area (Å²) in [5.74, 6) is -3.57. The standard InChI is InChI=1S/C13H20F3NO3/c1-8(2)6-17(7-13(14,15)16)11(18)9-4-3-5-10(9)12(19)20/h8-10H,3-7H2,1-2H3,(H,19,20)/t9-,10+/m1/s1. The maximum absolute atomic E-state index is 12.5. The number of hydrogen-bond donors (Lipinski definition) is 1. The third-order valence-electron chi connectivity index (χ3n) is 3.42. The number of alkyl halides is 3. The molecule has 0 bridgehead atoms. The largest absolute Gasteiger partial charge is 0.481 e. The van der Waals surface area contributed by atoms with Crippen LogP contribution in [-0.2, 0) is 9.59 Å². The van der Waals surface area contributed by atoms with Gasteiger partial charge in [-0.3, -0.25) is 9.59 Å². The van der Waals surface area contributed by atoms with E-state index in [1.165, 1.54) is 0 Å². The molecule has 0 unspecified atom stereocenters. The third kappa shape index (κ3) is 4.68. The van der Waals surface area contributed by atoms with Crippen LogP contribution in [0.25, 0.3) is 0 Å². The lowest BCUT2D eigenvalue weighted by atomic mass is 9.94. The quantitative estimate of drug-likeness (QED) is 0.848. The fourth-order valence-corrected chi connectivity index (χ4v) is 2.68. The number of carbonyl (C=O) groups is 2. The average Bonchev–Trinajstić information content (AvgIpc) is 2.73. The van der Waals surface area contributed by atoms with Crippen molar-refractivity contribution in [3.05, 3.63) is 0 Å². The third-order valence-corrected chi connectivity index (χ3v) is 3.42. The van der Waals surface area contributed by atoms with Crippen LogP contribution in [0.3, 0.4) is 0 Å². The minimum absolute atomic E-state index is 0.0127. The minimum Gasteiger partial charge on any atom is -0.481 e. The highest BCUT2D eigenvalue weighted by atomic mass is 19.4. The smallest absolute Gasteiger partial charge is 0.406 e. The first-order valence-electron chi connectivity index (χ1n) is 6.70. The van der Waals surface area contributed by atoms with Crippen molar-refractivity contribution in [1.29, 1.82) is 0 Å².